The molecule has 0 bridgehead atoms. The van der Waals surface area contributed by atoms with Crippen molar-refractivity contribution in [1.82, 2.24) is 5.32 Å². The van der Waals surface area contributed by atoms with E-state index in [0.29, 0.717) is 40.5 Å². The van der Waals surface area contributed by atoms with Gasteiger partial charge in [0.1, 0.15) is 11.6 Å². The standard InChI is InChI=1S/C27H26FN3O3S/c1-27(2)12-21-25(22(32)13-27)24(16-7-9-19(34-3)10-8-16)20(14-29)26(31-21)35-15-23(33)30-18-6-4-5-17(28)11-18/h4-11,24,31H,12-13,15H2,1-3H3,(H,30,33)/t24-/m1/s1. The van der Waals surface area contributed by atoms with Gasteiger partial charge < -0.3 is 15.4 Å². The molecule has 1 amide bonds. The summed E-state index contributed by atoms with van der Waals surface area (Å²) in [5, 5.41) is 16.7. The molecule has 1 atom stereocenters. The highest BCUT2D eigenvalue weighted by Crippen LogP contribution is 2.48. The molecule has 2 aromatic rings. The average molecular weight is 492 g/mol. The maximum atomic E-state index is 13.4. The fourth-order valence-electron chi connectivity index (χ4n) is 4.52. The number of methoxy groups -OCH3 is 1. The summed E-state index contributed by atoms with van der Waals surface area (Å²) < 4.78 is 18.7. The largest absolute Gasteiger partial charge is 0.497 e. The minimum atomic E-state index is -0.528. The Labute approximate surface area is 208 Å². The van der Waals surface area contributed by atoms with Gasteiger partial charge in [-0.1, -0.05) is 43.8 Å². The molecule has 0 aromatic heterocycles. The molecule has 0 spiro atoms. The monoisotopic (exact) mass is 491 g/mol. The van der Waals surface area contributed by atoms with Gasteiger partial charge in [0.05, 0.1) is 35.5 Å². The third-order valence-electron chi connectivity index (χ3n) is 6.03. The van der Waals surface area contributed by atoms with Crippen LogP contribution in [0.2, 0.25) is 0 Å². The first-order valence-electron chi connectivity index (χ1n) is 11.2. The molecule has 1 aliphatic carbocycles. The Bertz CT molecular complexity index is 1280. The lowest BCUT2D eigenvalue weighted by molar-refractivity contribution is -0.118. The SMILES string of the molecule is COc1ccc([C@@H]2C(C#N)=C(SCC(=O)Nc3cccc(F)c3)NC3=C2C(=O)CC(C)(C)C3)cc1. The van der Waals surface area contributed by atoms with E-state index in [2.05, 4.69) is 16.7 Å². The second kappa shape index (κ2) is 9.96. The Kier molecular flexibility index (Phi) is 6.99. The number of benzene rings is 2. The van der Waals surface area contributed by atoms with Crippen LogP contribution in [0.25, 0.3) is 0 Å². The fraction of sp³-hybridized carbons (Fsp3) is 0.296. The minimum Gasteiger partial charge on any atom is -0.497 e. The van der Waals surface area contributed by atoms with Crippen LogP contribution in [0, 0.1) is 22.6 Å². The number of thioether (sulfide) groups is 1. The highest BCUT2D eigenvalue weighted by molar-refractivity contribution is 8.03. The van der Waals surface area contributed by atoms with Crippen LogP contribution in [-0.4, -0.2) is 24.6 Å². The number of Topliss-reactive ketones (excluding diaryl/α,β-unsaturated/α-hetero) is 1. The van der Waals surface area contributed by atoms with Gasteiger partial charge in [-0.05, 0) is 47.7 Å². The summed E-state index contributed by atoms with van der Waals surface area (Å²) >= 11 is 1.19. The van der Waals surface area contributed by atoms with Gasteiger partial charge in [0.2, 0.25) is 5.91 Å². The van der Waals surface area contributed by atoms with Crippen molar-refractivity contribution in [3.05, 3.63) is 81.8 Å². The van der Waals surface area contributed by atoms with Gasteiger partial charge in [-0.3, -0.25) is 9.59 Å². The summed E-state index contributed by atoms with van der Waals surface area (Å²) in [6.07, 6.45) is 1.05. The van der Waals surface area contributed by atoms with E-state index in [-0.39, 0.29) is 22.9 Å². The van der Waals surface area contributed by atoms with E-state index in [1.54, 1.807) is 13.2 Å². The van der Waals surface area contributed by atoms with Crippen LogP contribution in [0.4, 0.5) is 10.1 Å². The lowest BCUT2D eigenvalue weighted by atomic mass is 9.69. The molecule has 2 aromatic carbocycles. The van der Waals surface area contributed by atoms with Crippen molar-refractivity contribution in [3.63, 3.8) is 0 Å². The molecular formula is C27H26FN3O3S. The molecule has 6 nitrogen and oxygen atoms in total. The number of hydrogen-bond donors (Lipinski definition) is 2. The number of amides is 1. The maximum Gasteiger partial charge on any atom is 0.234 e. The van der Waals surface area contributed by atoms with Crippen LogP contribution >= 0.6 is 11.8 Å². The van der Waals surface area contributed by atoms with E-state index in [9.17, 15) is 19.2 Å². The van der Waals surface area contributed by atoms with Gasteiger partial charge in [0.15, 0.2) is 5.78 Å². The maximum absolute atomic E-state index is 13.4. The summed E-state index contributed by atoms with van der Waals surface area (Å²) in [6.45, 7) is 4.09. The Balaban J connectivity index is 1.65. The van der Waals surface area contributed by atoms with Gasteiger partial charge >= 0.3 is 0 Å². The van der Waals surface area contributed by atoms with Crippen LogP contribution < -0.4 is 15.4 Å². The van der Waals surface area contributed by atoms with Crippen molar-refractivity contribution in [2.45, 2.75) is 32.6 Å². The second-order valence-electron chi connectivity index (χ2n) is 9.37. The van der Waals surface area contributed by atoms with Gasteiger partial charge in [0, 0.05) is 23.4 Å². The average Bonchev–Trinajstić information content (AvgIpc) is 2.81. The lowest BCUT2D eigenvalue weighted by Crippen LogP contribution is -2.37. The third kappa shape index (κ3) is 5.41. The van der Waals surface area contributed by atoms with E-state index in [4.69, 9.17) is 4.74 Å². The Morgan fingerprint density at radius 2 is 2.00 bits per heavy atom. The number of nitrogens with one attached hydrogen (secondary N) is 2. The molecule has 1 aliphatic heterocycles. The van der Waals surface area contributed by atoms with Crippen molar-refractivity contribution in [3.8, 4) is 11.8 Å². The highest BCUT2D eigenvalue weighted by atomic mass is 32.2. The zero-order valence-electron chi connectivity index (χ0n) is 19.8. The zero-order chi connectivity index (χ0) is 25.2. The molecule has 2 aliphatic rings. The molecule has 35 heavy (non-hydrogen) atoms. The zero-order valence-corrected chi connectivity index (χ0v) is 20.6. The van der Waals surface area contributed by atoms with Crippen molar-refractivity contribution in [2.24, 2.45) is 5.41 Å². The van der Waals surface area contributed by atoms with Gasteiger partial charge in [0.25, 0.3) is 0 Å². The van der Waals surface area contributed by atoms with E-state index < -0.39 is 11.7 Å². The summed E-state index contributed by atoms with van der Waals surface area (Å²) in [5.74, 6) is -0.582. The summed E-state index contributed by atoms with van der Waals surface area (Å²) in [7, 11) is 1.58. The number of nitriles is 1. The lowest BCUT2D eigenvalue weighted by Gasteiger charge is -2.39. The van der Waals surface area contributed by atoms with E-state index in [1.807, 2.05) is 38.1 Å². The minimum absolute atomic E-state index is 0.0132. The fourth-order valence-corrected chi connectivity index (χ4v) is 5.38. The van der Waals surface area contributed by atoms with Crippen molar-refractivity contribution < 1.29 is 18.7 Å². The second-order valence-corrected chi connectivity index (χ2v) is 10.4. The topological polar surface area (TPSA) is 91.2 Å². The Morgan fingerprint density at radius 3 is 2.66 bits per heavy atom. The predicted octanol–water partition coefficient (Wildman–Crippen LogP) is 5.27. The number of rotatable bonds is 6. The summed E-state index contributed by atoms with van der Waals surface area (Å²) in [4.78, 5) is 25.8. The van der Waals surface area contributed by atoms with Crippen molar-refractivity contribution >= 4 is 29.1 Å². The smallest absolute Gasteiger partial charge is 0.234 e. The number of dihydropyridines is 1. The normalized spacial score (nSPS) is 18.9. The molecule has 0 fully saturated rings. The van der Waals surface area contributed by atoms with Crippen LogP contribution in [0.15, 0.2) is 70.4 Å². The number of halogens is 1. The number of carbonyl (C=O) groups excluding carboxylic acids is 2. The predicted molar refractivity (Wildman–Crippen MR) is 134 cm³/mol. The summed E-state index contributed by atoms with van der Waals surface area (Å²) in [5.41, 5.74) is 2.75. The molecule has 180 valence electrons. The molecule has 0 unspecified atom stereocenters. The first kappa shape index (κ1) is 24.6. The first-order valence-corrected chi connectivity index (χ1v) is 12.2. The number of ketones is 1. The van der Waals surface area contributed by atoms with Gasteiger partial charge in [-0.25, -0.2) is 4.39 Å². The molecule has 4 rings (SSSR count). The summed E-state index contributed by atoms with van der Waals surface area (Å²) in [6, 6.07) is 15.3. The van der Waals surface area contributed by atoms with Crippen molar-refractivity contribution in [2.75, 3.05) is 18.2 Å². The third-order valence-corrected chi connectivity index (χ3v) is 7.05. The first-order chi connectivity index (χ1) is 16.7. The van der Waals surface area contributed by atoms with E-state index >= 15 is 0 Å². The molecular weight excluding hydrogens is 465 g/mol. The molecule has 1 heterocycles. The molecule has 2 N–H and O–H groups in total. The number of nitrogens with zero attached hydrogens (tertiary/aromatic N) is 1. The molecule has 0 saturated carbocycles. The number of allylic oxidation sites excluding steroid dienone is 3. The van der Waals surface area contributed by atoms with Crippen LogP contribution in [0.1, 0.15) is 38.2 Å². The molecule has 0 saturated heterocycles. The van der Waals surface area contributed by atoms with Crippen molar-refractivity contribution in [1.29, 1.82) is 5.26 Å². The van der Waals surface area contributed by atoms with Crippen LogP contribution in [0.3, 0.4) is 0 Å². The quantitative estimate of drug-likeness (QED) is 0.572. The Morgan fingerprint density at radius 1 is 1.26 bits per heavy atom. The number of anilines is 1. The van der Waals surface area contributed by atoms with Gasteiger partial charge in [-0.2, -0.15) is 5.26 Å². The van der Waals surface area contributed by atoms with Gasteiger partial charge in [-0.15, -0.1) is 0 Å². The van der Waals surface area contributed by atoms with E-state index in [1.165, 1.54) is 30.0 Å². The van der Waals surface area contributed by atoms with E-state index in [0.717, 1.165) is 11.3 Å². The number of carbonyl (C=O) groups is 2. The van der Waals surface area contributed by atoms with Crippen LogP contribution in [-0.2, 0) is 9.59 Å². The highest BCUT2D eigenvalue weighted by Gasteiger charge is 2.42. The number of ether oxygens (including phenoxy) is 1. The molecule has 8 heteroatoms. The number of hydrogen-bond acceptors (Lipinski definition) is 6. The molecule has 0 radical (unpaired) electrons. The van der Waals surface area contributed by atoms with Crippen LogP contribution in [0.5, 0.6) is 5.75 Å². The Hall–Kier alpha value is -3.57.